The summed E-state index contributed by atoms with van der Waals surface area (Å²) in [5, 5.41) is 2.94. The van der Waals surface area contributed by atoms with E-state index in [2.05, 4.69) is 24.8 Å². The van der Waals surface area contributed by atoms with Gasteiger partial charge in [-0.1, -0.05) is 18.7 Å². The summed E-state index contributed by atoms with van der Waals surface area (Å²) in [4.78, 5) is 14.3. The van der Waals surface area contributed by atoms with Crippen LogP contribution in [0.5, 0.6) is 0 Å². The highest BCUT2D eigenvalue weighted by molar-refractivity contribution is 8.00. The molecule has 3 N–H and O–H groups in total. The number of nitrogens with zero attached hydrogens (tertiary/aromatic N) is 4. The normalized spacial score (nSPS) is 11.1. The van der Waals surface area contributed by atoms with E-state index in [-0.39, 0.29) is 0 Å². The Labute approximate surface area is 128 Å². The first-order valence-corrected chi connectivity index (χ1v) is 8.60. The predicted octanol–water partition coefficient (Wildman–Crippen LogP) is 2.68. The Bertz CT molecular complexity index is 722. The maximum Gasteiger partial charge on any atom is 0.170 e. The summed E-state index contributed by atoms with van der Waals surface area (Å²) in [6.07, 6.45) is 0.857. The quantitative estimate of drug-likeness (QED) is 0.423. The number of aromatic nitrogens is 4. The van der Waals surface area contributed by atoms with Crippen molar-refractivity contribution in [1.29, 1.82) is 0 Å². The topological polar surface area (TPSA) is 89.6 Å². The largest absolute Gasteiger partial charge is 0.308 e. The van der Waals surface area contributed by atoms with Gasteiger partial charge in [0.25, 0.3) is 0 Å². The van der Waals surface area contributed by atoms with Crippen LogP contribution in [0.25, 0.3) is 10.2 Å². The summed E-state index contributed by atoms with van der Waals surface area (Å²) in [6, 6.07) is 1.96. The van der Waals surface area contributed by atoms with Gasteiger partial charge in [0.05, 0.1) is 11.1 Å². The summed E-state index contributed by atoms with van der Waals surface area (Å²) >= 11 is 4.59. The van der Waals surface area contributed by atoms with Crippen LogP contribution in [0.15, 0.2) is 15.8 Å². The fourth-order valence-corrected chi connectivity index (χ4v) is 3.97. The van der Waals surface area contributed by atoms with E-state index in [1.54, 1.807) is 23.1 Å². The summed E-state index contributed by atoms with van der Waals surface area (Å²) in [7, 11) is 0. The summed E-state index contributed by atoms with van der Waals surface area (Å²) in [6.45, 7) is 2.05. The zero-order valence-corrected chi connectivity index (χ0v) is 13.1. The molecule has 0 aromatic carbocycles. The molecule has 0 bridgehead atoms. The number of hydrazine groups is 1. The Hall–Kier alpha value is -1.29. The molecule has 3 aromatic rings. The van der Waals surface area contributed by atoms with Gasteiger partial charge in [0.1, 0.15) is 16.5 Å². The zero-order chi connectivity index (χ0) is 13.9. The van der Waals surface area contributed by atoms with Crippen molar-refractivity contribution in [3.63, 3.8) is 0 Å². The Morgan fingerprint density at radius 3 is 2.95 bits per heavy atom. The van der Waals surface area contributed by atoms with Crippen LogP contribution in [0, 0.1) is 0 Å². The lowest BCUT2D eigenvalue weighted by molar-refractivity contribution is 0.970. The van der Waals surface area contributed by atoms with Crippen molar-refractivity contribution in [2.24, 2.45) is 5.84 Å². The van der Waals surface area contributed by atoms with Crippen LogP contribution < -0.4 is 11.3 Å². The van der Waals surface area contributed by atoms with Gasteiger partial charge in [-0.3, -0.25) is 0 Å². The van der Waals surface area contributed by atoms with Crippen LogP contribution in [0.4, 0.5) is 5.82 Å². The Balaban J connectivity index is 1.79. The maximum absolute atomic E-state index is 5.51. The lowest BCUT2D eigenvalue weighted by Crippen LogP contribution is -2.10. The molecule has 0 aliphatic heterocycles. The average molecular weight is 324 g/mol. The summed E-state index contributed by atoms with van der Waals surface area (Å²) in [5.41, 5.74) is 2.63. The summed E-state index contributed by atoms with van der Waals surface area (Å²) < 4.78 is 5.20. The highest BCUT2D eigenvalue weighted by atomic mass is 32.2. The van der Waals surface area contributed by atoms with Gasteiger partial charge in [-0.2, -0.15) is 4.37 Å². The monoisotopic (exact) mass is 324 g/mol. The Kier molecular flexibility index (Phi) is 4.10. The molecule has 0 fully saturated rings. The lowest BCUT2D eigenvalue weighted by atomic mass is 10.4. The number of nitrogens with one attached hydrogen (secondary N) is 1. The molecule has 3 rings (SSSR count). The molecule has 0 aliphatic rings. The molecule has 3 aromatic heterocycles. The van der Waals surface area contributed by atoms with Gasteiger partial charge in [0.2, 0.25) is 0 Å². The van der Waals surface area contributed by atoms with Crippen molar-refractivity contribution in [3.8, 4) is 0 Å². The number of hydrogen-bond acceptors (Lipinski definition) is 9. The Morgan fingerprint density at radius 1 is 1.30 bits per heavy atom. The molecule has 0 saturated carbocycles. The van der Waals surface area contributed by atoms with Gasteiger partial charge in [-0.05, 0) is 23.0 Å². The van der Waals surface area contributed by atoms with Crippen LogP contribution in [0.2, 0.25) is 0 Å². The second-order valence-electron chi connectivity index (χ2n) is 3.89. The van der Waals surface area contributed by atoms with Crippen LogP contribution in [-0.2, 0) is 12.2 Å². The number of fused-ring (bicyclic) bond motifs is 1. The van der Waals surface area contributed by atoms with E-state index >= 15 is 0 Å². The maximum atomic E-state index is 5.51. The second-order valence-corrected chi connectivity index (χ2v) is 6.76. The van der Waals surface area contributed by atoms with Gasteiger partial charge in [0, 0.05) is 6.42 Å². The zero-order valence-electron chi connectivity index (χ0n) is 10.7. The van der Waals surface area contributed by atoms with Crippen LogP contribution in [0.1, 0.15) is 18.6 Å². The number of rotatable bonds is 5. The summed E-state index contributed by atoms with van der Waals surface area (Å²) in [5.74, 6) is 8.46. The van der Waals surface area contributed by atoms with E-state index in [1.165, 1.54) is 11.5 Å². The van der Waals surface area contributed by atoms with E-state index < -0.39 is 0 Å². The average Bonchev–Trinajstić information content (AvgIpc) is 3.12. The molecule has 6 nitrogen and oxygen atoms in total. The van der Waals surface area contributed by atoms with Crippen molar-refractivity contribution < 1.29 is 0 Å². The van der Waals surface area contributed by atoms with Gasteiger partial charge >= 0.3 is 0 Å². The fourth-order valence-electron chi connectivity index (χ4n) is 1.64. The van der Waals surface area contributed by atoms with Crippen LogP contribution in [-0.4, -0.2) is 19.3 Å². The molecule has 9 heteroatoms. The van der Waals surface area contributed by atoms with Gasteiger partial charge < -0.3 is 5.43 Å². The molecule has 0 radical (unpaired) electrons. The molecule has 0 atom stereocenters. The molecule has 3 heterocycles. The van der Waals surface area contributed by atoms with Crippen molar-refractivity contribution in [2.45, 2.75) is 23.4 Å². The van der Waals surface area contributed by atoms with Crippen LogP contribution >= 0.6 is 34.6 Å². The first-order valence-electron chi connectivity index (χ1n) is 5.96. The molecule has 104 valence electrons. The minimum Gasteiger partial charge on any atom is -0.308 e. The van der Waals surface area contributed by atoms with E-state index in [0.29, 0.717) is 11.6 Å². The smallest absolute Gasteiger partial charge is 0.170 e. The van der Waals surface area contributed by atoms with Gasteiger partial charge in [0.15, 0.2) is 10.2 Å². The minimum absolute atomic E-state index is 0.654. The van der Waals surface area contributed by atoms with Crippen LogP contribution in [0.3, 0.4) is 0 Å². The fraction of sp³-hybridized carbons (Fsp3) is 0.273. The minimum atomic E-state index is 0.654. The third-order valence-electron chi connectivity index (χ3n) is 2.60. The number of anilines is 1. The number of thioether (sulfide) groups is 1. The molecule has 0 amide bonds. The third kappa shape index (κ3) is 2.75. The van der Waals surface area contributed by atoms with E-state index in [9.17, 15) is 0 Å². The highest BCUT2D eigenvalue weighted by Crippen LogP contribution is 2.28. The van der Waals surface area contributed by atoms with Crippen molar-refractivity contribution in [1.82, 2.24) is 19.3 Å². The second kappa shape index (κ2) is 6.00. The highest BCUT2D eigenvalue weighted by Gasteiger charge is 2.10. The standard InChI is InChI=1S/C11H12N6S3/c1-2-7-15-11(20-17-7)19-5-8-13-9(16-12)6-3-4-18-10(6)14-8/h3-4H,2,5,12H2,1H3,(H,13,14,16). The van der Waals surface area contributed by atoms with Crippen molar-refractivity contribution >= 4 is 50.7 Å². The molecule has 20 heavy (non-hydrogen) atoms. The number of nitrogen functional groups attached to an aromatic ring is 1. The Morgan fingerprint density at radius 2 is 2.20 bits per heavy atom. The molecular weight excluding hydrogens is 312 g/mol. The van der Waals surface area contributed by atoms with E-state index in [0.717, 1.165) is 32.6 Å². The first kappa shape index (κ1) is 13.7. The van der Waals surface area contributed by atoms with E-state index in [4.69, 9.17) is 5.84 Å². The van der Waals surface area contributed by atoms with E-state index in [1.807, 2.05) is 18.4 Å². The molecule has 0 spiro atoms. The molecule has 0 saturated heterocycles. The number of aryl methyl sites for hydroxylation is 1. The number of hydrogen-bond donors (Lipinski definition) is 2. The van der Waals surface area contributed by atoms with Crippen molar-refractivity contribution in [2.75, 3.05) is 5.43 Å². The first-order chi connectivity index (χ1) is 9.80. The number of nitrogens with two attached hydrogens (primary N) is 1. The molecular formula is C11H12N6S3. The third-order valence-corrected chi connectivity index (χ3v) is 5.27. The SMILES string of the molecule is CCc1nsc(SCc2nc(NN)c3ccsc3n2)n1. The van der Waals surface area contributed by atoms with Gasteiger partial charge in [-0.25, -0.2) is 20.8 Å². The number of thiophene rings is 1. The molecule has 0 unspecified atom stereocenters. The molecule has 0 aliphatic carbocycles. The van der Waals surface area contributed by atoms with Crippen molar-refractivity contribution in [3.05, 3.63) is 23.1 Å². The van der Waals surface area contributed by atoms with Gasteiger partial charge in [-0.15, -0.1) is 11.3 Å². The predicted molar refractivity (Wildman–Crippen MR) is 84.1 cm³/mol. The lowest BCUT2D eigenvalue weighted by Gasteiger charge is -2.04.